The molecule has 0 fully saturated rings. The minimum absolute atomic E-state index is 0.140. The van der Waals surface area contributed by atoms with Gasteiger partial charge in [-0.2, -0.15) is 0 Å². The standard InChI is InChI=1S/C18H11F3/c19-13-6-3-5-12(11-13)14-8-4-10-17(21)18(14)15-7-1-2-9-16(15)20/h1-11H. The van der Waals surface area contributed by atoms with Crippen molar-refractivity contribution in [2.45, 2.75) is 0 Å². The summed E-state index contributed by atoms with van der Waals surface area (Å²) in [4.78, 5) is 0. The van der Waals surface area contributed by atoms with E-state index in [4.69, 9.17) is 0 Å². The SMILES string of the molecule is Fc1cccc(-c2cccc(F)c2-c2ccccc2F)c1. The topological polar surface area (TPSA) is 0 Å². The van der Waals surface area contributed by atoms with Gasteiger partial charge in [0.05, 0.1) is 0 Å². The molecule has 3 heteroatoms. The Hall–Kier alpha value is -2.55. The van der Waals surface area contributed by atoms with E-state index in [1.807, 2.05) is 0 Å². The number of hydrogen-bond acceptors (Lipinski definition) is 0. The van der Waals surface area contributed by atoms with Crippen molar-refractivity contribution in [1.29, 1.82) is 0 Å². The van der Waals surface area contributed by atoms with Crippen LogP contribution in [-0.4, -0.2) is 0 Å². The van der Waals surface area contributed by atoms with Crippen LogP contribution >= 0.6 is 0 Å². The van der Waals surface area contributed by atoms with Crippen LogP contribution in [-0.2, 0) is 0 Å². The minimum Gasteiger partial charge on any atom is -0.207 e. The van der Waals surface area contributed by atoms with E-state index in [1.165, 1.54) is 36.4 Å². The van der Waals surface area contributed by atoms with Gasteiger partial charge in [-0.05, 0) is 35.4 Å². The Labute approximate surface area is 120 Å². The molecule has 21 heavy (non-hydrogen) atoms. The average molecular weight is 284 g/mol. The first-order valence-corrected chi connectivity index (χ1v) is 6.46. The molecular formula is C18H11F3. The van der Waals surface area contributed by atoms with Crippen molar-refractivity contribution in [2.75, 3.05) is 0 Å². The minimum atomic E-state index is -0.540. The van der Waals surface area contributed by atoms with Crippen LogP contribution < -0.4 is 0 Å². The lowest BCUT2D eigenvalue weighted by Crippen LogP contribution is -1.93. The largest absolute Gasteiger partial charge is 0.207 e. The molecule has 0 unspecified atom stereocenters. The number of benzene rings is 3. The molecular weight excluding hydrogens is 273 g/mol. The Morgan fingerprint density at radius 1 is 0.571 bits per heavy atom. The monoisotopic (exact) mass is 284 g/mol. The molecule has 0 amide bonds. The molecule has 0 aliphatic carbocycles. The zero-order valence-corrected chi connectivity index (χ0v) is 11.0. The van der Waals surface area contributed by atoms with Gasteiger partial charge in [-0.3, -0.25) is 0 Å². The van der Waals surface area contributed by atoms with E-state index in [2.05, 4.69) is 0 Å². The molecule has 0 saturated carbocycles. The summed E-state index contributed by atoms with van der Waals surface area (Å²) in [5, 5.41) is 0. The molecule has 0 bridgehead atoms. The third-order valence-corrected chi connectivity index (χ3v) is 3.29. The van der Waals surface area contributed by atoms with Crippen molar-refractivity contribution < 1.29 is 13.2 Å². The average Bonchev–Trinajstić information content (AvgIpc) is 2.48. The third-order valence-electron chi connectivity index (χ3n) is 3.29. The van der Waals surface area contributed by atoms with Crippen LogP contribution in [0.2, 0.25) is 0 Å². The van der Waals surface area contributed by atoms with Crippen molar-refractivity contribution in [1.82, 2.24) is 0 Å². The second kappa shape index (κ2) is 5.44. The molecule has 3 aromatic carbocycles. The van der Waals surface area contributed by atoms with E-state index in [-0.39, 0.29) is 11.1 Å². The highest BCUT2D eigenvalue weighted by atomic mass is 19.1. The van der Waals surface area contributed by atoms with Gasteiger partial charge < -0.3 is 0 Å². The Kier molecular flexibility index (Phi) is 3.48. The molecule has 0 aliphatic heterocycles. The Balaban J connectivity index is 2.29. The second-order valence-corrected chi connectivity index (χ2v) is 4.65. The molecule has 0 nitrogen and oxygen atoms in total. The van der Waals surface area contributed by atoms with E-state index < -0.39 is 17.5 Å². The van der Waals surface area contributed by atoms with Crippen molar-refractivity contribution in [2.24, 2.45) is 0 Å². The normalized spacial score (nSPS) is 10.6. The Morgan fingerprint density at radius 3 is 2.00 bits per heavy atom. The molecule has 0 N–H and O–H groups in total. The summed E-state index contributed by atoms with van der Waals surface area (Å²) in [6.45, 7) is 0. The van der Waals surface area contributed by atoms with Crippen molar-refractivity contribution in [3.8, 4) is 22.3 Å². The van der Waals surface area contributed by atoms with E-state index in [1.54, 1.807) is 30.3 Å². The predicted molar refractivity (Wildman–Crippen MR) is 77.2 cm³/mol. The fourth-order valence-electron chi connectivity index (χ4n) is 2.36. The molecule has 104 valence electrons. The van der Waals surface area contributed by atoms with Gasteiger partial charge in [0.15, 0.2) is 0 Å². The Bertz CT molecular complexity index is 794. The summed E-state index contributed by atoms with van der Waals surface area (Å²) in [6.07, 6.45) is 0. The summed E-state index contributed by atoms with van der Waals surface area (Å²) in [6, 6.07) is 16.2. The molecule has 0 radical (unpaired) electrons. The molecule has 0 heterocycles. The lowest BCUT2D eigenvalue weighted by atomic mass is 9.94. The van der Waals surface area contributed by atoms with Crippen molar-refractivity contribution in [3.63, 3.8) is 0 Å². The van der Waals surface area contributed by atoms with Crippen molar-refractivity contribution in [3.05, 3.63) is 84.2 Å². The highest BCUT2D eigenvalue weighted by molar-refractivity contribution is 5.84. The highest BCUT2D eigenvalue weighted by Gasteiger charge is 2.15. The first-order chi connectivity index (χ1) is 10.2. The fraction of sp³-hybridized carbons (Fsp3) is 0. The maximum atomic E-state index is 14.2. The van der Waals surface area contributed by atoms with Gasteiger partial charge in [0, 0.05) is 11.1 Å². The van der Waals surface area contributed by atoms with Crippen LogP contribution in [0, 0.1) is 17.5 Å². The number of rotatable bonds is 2. The van der Waals surface area contributed by atoms with Gasteiger partial charge in [-0.25, -0.2) is 13.2 Å². The van der Waals surface area contributed by atoms with Crippen LogP contribution in [0.5, 0.6) is 0 Å². The zero-order valence-electron chi connectivity index (χ0n) is 11.0. The van der Waals surface area contributed by atoms with E-state index >= 15 is 0 Å². The van der Waals surface area contributed by atoms with Gasteiger partial charge in [-0.1, -0.05) is 42.5 Å². The smallest absolute Gasteiger partial charge is 0.131 e. The second-order valence-electron chi connectivity index (χ2n) is 4.65. The predicted octanol–water partition coefficient (Wildman–Crippen LogP) is 5.44. The van der Waals surface area contributed by atoms with Crippen LogP contribution in [0.25, 0.3) is 22.3 Å². The molecule has 3 rings (SSSR count). The highest BCUT2D eigenvalue weighted by Crippen LogP contribution is 2.35. The maximum absolute atomic E-state index is 14.2. The Morgan fingerprint density at radius 2 is 1.24 bits per heavy atom. The first kappa shape index (κ1) is 13.4. The molecule has 0 spiro atoms. The first-order valence-electron chi connectivity index (χ1n) is 6.46. The summed E-state index contributed by atoms with van der Waals surface area (Å²) < 4.78 is 41.6. The van der Waals surface area contributed by atoms with Gasteiger partial charge in [0.1, 0.15) is 17.5 Å². The lowest BCUT2D eigenvalue weighted by molar-refractivity contribution is 0.616. The van der Waals surface area contributed by atoms with E-state index in [0.717, 1.165) is 0 Å². The third kappa shape index (κ3) is 2.55. The van der Waals surface area contributed by atoms with E-state index in [0.29, 0.717) is 11.1 Å². The fourth-order valence-corrected chi connectivity index (χ4v) is 2.36. The van der Waals surface area contributed by atoms with Gasteiger partial charge in [0.25, 0.3) is 0 Å². The maximum Gasteiger partial charge on any atom is 0.131 e. The molecule has 0 atom stereocenters. The molecule has 0 aromatic heterocycles. The zero-order chi connectivity index (χ0) is 14.8. The van der Waals surface area contributed by atoms with Crippen LogP contribution in [0.1, 0.15) is 0 Å². The summed E-state index contributed by atoms with van der Waals surface area (Å²) in [7, 11) is 0. The van der Waals surface area contributed by atoms with Gasteiger partial charge in [-0.15, -0.1) is 0 Å². The molecule has 0 aliphatic rings. The van der Waals surface area contributed by atoms with E-state index in [9.17, 15) is 13.2 Å². The summed E-state index contributed by atoms with van der Waals surface area (Å²) in [5.41, 5.74) is 1.27. The van der Waals surface area contributed by atoms with Crippen LogP contribution in [0.3, 0.4) is 0 Å². The van der Waals surface area contributed by atoms with Gasteiger partial charge >= 0.3 is 0 Å². The van der Waals surface area contributed by atoms with Crippen LogP contribution in [0.15, 0.2) is 66.7 Å². The van der Waals surface area contributed by atoms with Crippen LogP contribution in [0.4, 0.5) is 13.2 Å². The van der Waals surface area contributed by atoms with Gasteiger partial charge in [0.2, 0.25) is 0 Å². The molecule has 0 saturated heterocycles. The van der Waals surface area contributed by atoms with Crippen molar-refractivity contribution >= 4 is 0 Å². The lowest BCUT2D eigenvalue weighted by Gasteiger charge is -2.12. The quantitative estimate of drug-likeness (QED) is 0.588. The molecule has 3 aromatic rings. The number of hydrogen-bond donors (Lipinski definition) is 0. The summed E-state index contributed by atoms with van der Waals surface area (Å²) in [5.74, 6) is -1.47. The summed E-state index contributed by atoms with van der Waals surface area (Å²) >= 11 is 0. The number of halogens is 3.